The lowest BCUT2D eigenvalue weighted by molar-refractivity contribution is 0.546. The van der Waals surface area contributed by atoms with E-state index in [0.29, 0.717) is 5.02 Å². The Morgan fingerprint density at radius 1 is 1.47 bits per heavy atom. The van der Waals surface area contributed by atoms with Gasteiger partial charge in [-0.3, -0.25) is 4.57 Å². The fourth-order valence-electron chi connectivity index (χ4n) is 2.53. The summed E-state index contributed by atoms with van der Waals surface area (Å²) in [6.07, 6.45) is 0.995. The topological polar surface area (TPSA) is 49.8 Å². The molecule has 90 valence electrons. The Hall–Kier alpha value is -1.26. The van der Waals surface area contributed by atoms with Gasteiger partial charge in [0.15, 0.2) is 0 Å². The number of H-pyrrole nitrogens is 1. The van der Waals surface area contributed by atoms with E-state index < -0.39 is 0 Å². The fourth-order valence-corrected chi connectivity index (χ4v) is 2.69. The standard InChI is InChI=1S/C12H14ClN3O/c1-7-9(13)2-3-10-11(7)15-12(17)16(10)8-4-5-14-6-8/h2-3,8,14H,4-6H2,1H3,(H,15,17). The number of aryl methyl sites for hydroxylation is 1. The molecule has 0 aliphatic carbocycles. The first-order valence-electron chi connectivity index (χ1n) is 5.78. The van der Waals surface area contributed by atoms with E-state index >= 15 is 0 Å². The second-order valence-electron chi connectivity index (χ2n) is 4.51. The van der Waals surface area contributed by atoms with Crippen molar-refractivity contribution in [2.75, 3.05) is 13.1 Å². The van der Waals surface area contributed by atoms with Crippen LogP contribution in [0.3, 0.4) is 0 Å². The zero-order valence-corrected chi connectivity index (χ0v) is 10.3. The van der Waals surface area contributed by atoms with Crippen LogP contribution in [0.25, 0.3) is 11.0 Å². The van der Waals surface area contributed by atoms with Gasteiger partial charge < -0.3 is 10.3 Å². The van der Waals surface area contributed by atoms with Crippen LogP contribution in [0.4, 0.5) is 0 Å². The van der Waals surface area contributed by atoms with Crippen LogP contribution in [0.5, 0.6) is 0 Å². The first-order chi connectivity index (χ1) is 8.18. The molecule has 0 radical (unpaired) electrons. The number of hydrogen-bond acceptors (Lipinski definition) is 2. The van der Waals surface area contributed by atoms with Gasteiger partial charge in [-0.25, -0.2) is 4.79 Å². The van der Waals surface area contributed by atoms with Crippen molar-refractivity contribution >= 4 is 22.6 Å². The van der Waals surface area contributed by atoms with Gasteiger partial charge in [0.05, 0.1) is 17.1 Å². The lowest BCUT2D eigenvalue weighted by Gasteiger charge is -2.10. The summed E-state index contributed by atoms with van der Waals surface area (Å²) in [5.74, 6) is 0. The van der Waals surface area contributed by atoms with E-state index in [1.54, 1.807) is 0 Å². The molecule has 1 unspecified atom stereocenters. The van der Waals surface area contributed by atoms with Crippen molar-refractivity contribution in [3.8, 4) is 0 Å². The van der Waals surface area contributed by atoms with Gasteiger partial charge in [-0.15, -0.1) is 0 Å². The van der Waals surface area contributed by atoms with Gasteiger partial charge in [-0.1, -0.05) is 11.6 Å². The van der Waals surface area contributed by atoms with Crippen molar-refractivity contribution < 1.29 is 0 Å². The third kappa shape index (κ3) is 1.59. The minimum absolute atomic E-state index is 0.0425. The SMILES string of the molecule is Cc1c(Cl)ccc2c1[nH]c(=O)n2C1CCNC1. The fraction of sp³-hybridized carbons (Fsp3) is 0.417. The molecule has 1 aliphatic heterocycles. The predicted octanol–water partition coefficient (Wildman–Crippen LogP) is 1.83. The van der Waals surface area contributed by atoms with Crippen LogP contribution in [0.15, 0.2) is 16.9 Å². The third-order valence-electron chi connectivity index (χ3n) is 3.49. The van der Waals surface area contributed by atoms with Crippen LogP contribution < -0.4 is 11.0 Å². The highest BCUT2D eigenvalue weighted by Crippen LogP contribution is 2.26. The molecule has 0 bridgehead atoms. The van der Waals surface area contributed by atoms with Gasteiger partial charge in [0.1, 0.15) is 0 Å². The summed E-state index contributed by atoms with van der Waals surface area (Å²) >= 11 is 6.07. The smallest absolute Gasteiger partial charge is 0.315 e. The zero-order valence-electron chi connectivity index (χ0n) is 9.59. The van der Waals surface area contributed by atoms with E-state index in [2.05, 4.69) is 10.3 Å². The molecule has 1 fully saturated rings. The Morgan fingerprint density at radius 2 is 2.29 bits per heavy atom. The zero-order chi connectivity index (χ0) is 12.0. The van der Waals surface area contributed by atoms with E-state index in [1.807, 2.05) is 23.6 Å². The summed E-state index contributed by atoms with van der Waals surface area (Å²) in [5.41, 5.74) is 2.70. The molecule has 1 saturated heterocycles. The van der Waals surface area contributed by atoms with Gasteiger partial charge >= 0.3 is 5.69 Å². The average Bonchev–Trinajstić information content (AvgIpc) is 2.90. The summed E-state index contributed by atoms with van der Waals surface area (Å²) in [7, 11) is 0. The molecule has 0 amide bonds. The van der Waals surface area contributed by atoms with Crippen LogP contribution in [0.2, 0.25) is 5.02 Å². The maximum Gasteiger partial charge on any atom is 0.326 e. The molecule has 2 N–H and O–H groups in total. The predicted molar refractivity (Wildman–Crippen MR) is 68.8 cm³/mol. The molecule has 2 heterocycles. The first-order valence-corrected chi connectivity index (χ1v) is 6.16. The number of rotatable bonds is 1. The number of aromatic amines is 1. The quantitative estimate of drug-likeness (QED) is 0.812. The van der Waals surface area contributed by atoms with Gasteiger partial charge in [-0.05, 0) is 37.6 Å². The van der Waals surface area contributed by atoms with Crippen molar-refractivity contribution in [3.63, 3.8) is 0 Å². The molecule has 1 aliphatic rings. The summed E-state index contributed by atoms with van der Waals surface area (Å²) < 4.78 is 1.85. The summed E-state index contributed by atoms with van der Waals surface area (Å²) in [6.45, 7) is 3.75. The maximum atomic E-state index is 12.0. The summed E-state index contributed by atoms with van der Waals surface area (Å²) in [4.78, 5) is 14.9. The number of nitrogens with one attached hydrogen (secondary N) is 2. The largest absolute Gasteiger partial charge is 0.326 e. The monoisotopic (exact) mass is 251 g/mol. The van der Waals surface area contributed by atoms with Crippen LogP contribution in [-0.4, -0.2) is 22.6 Å². The molecule has 17 heavy (non-hydrogen) atoms. The van der Waals surface area contributed by atoms with E-state index in [-0.39, 0.29) is 11.7 Å². The molecular formula is C12H14ClN3O. The highest BCUT2D eigenvalue weighted by molar-refractivity contribution is 6.32. The summed E-state index contributed by atoms with van der Waals surface area (Å²) in [6, 6.07) is 4.02. The molecular weight excluding hydrogens is 238 g/mol. The average molecular weight is 252 g/mol. The molecule has 3 rings (SSSR count). The van der Waals surface area contributed by atoms with Crippen molar-refractivity contribution in [2.24, 2.45) is 0 Å². The molecule has 1 atom stereocenters. The number of aromatic nitrogens is 2. The lowest BCUT2D eigenvalue weighted by atomic mass is 10.2. The Balaban J connectivity index is 2.28. The van der Waals surface area contributed by atoms with Crippen molar-refractivity contribution in [3.05, 3.63) is 33.2 Å². The highest BCUT2D eigenvalue weighted by atomic mass is 35.5. The molecule has 2 aromatic rings. The van der Waals surface area contributed by atoms with Gasteiger partial charge in [-0.2, -0.15) is 0 Å². The number of nitrogens with zero attached hydrogens (tertiary/aromatic N) is 1. The second kappa shape index (κ2) is 3.89. The molecule has 4 nitrogen and oxygen atoms in total. The molecule has 5 heteroatoms. The number of halogens is 1. The minimum Gasteiger partial charge on any atom is -0.315 e. The normalized spacial score (nSPS) is 20.2. The van der Waals surface area contributed by atoms with E-state index in [0.717, 1.165) is 36.1 Å². The van der Waals surface area contributed by atoms with E-state index in [9.17, 15) is 4.79 Å². The minimum atomic E-state index is -0.0425. The molecule has 0 saturated carbocycles. The van der Waals surface area contributed by atoms with Crippen LogP contribution in [0.1, 0.15) is 18.0 Å². The Morgan fingerprint density at radius 3 is 3.00 bits per heavy atom. The molecule has 1 aromatic heterocycles. The van der Waals surface area contributed by atoms with Crippen molar-refractivity contribution in [1.82, 2.24) is 14.9 Å². The lowest BCUT2D eigenvalue weighted by Crippen LogP contribution is -2.23. The van der Waals surface area contributed by atoms with Crippen LogP contribution in [0, 0.1) is 6.92 Å². The second-order valence-corrected chi connectivity index (χ2v) is 4.92. The van der Waals surface area contributed by atoms with Crippen molar-refractivity contribution in [1.29, 1.82) is 0 Å². The van der Waals surface area contributed by atoms with Gasteiger partial charge in [0.2, 0.25) is 0 Å². The Labute approximate surface area is 104 Å². The highest BCUT2D eigenvalue weighted by Gasteiger charge is 2.21. The Kier molecular flexibility index (Phi) is 2.49. The number of imidazole rings is 1. The number of fused-ring (bicyclic) bond motifs is 1. The first kappa shape index (κ1) is 10.9. The third-order valence-corrected chi connectivity index (χ3v) is 3.90. The Bertz CT molecular complexity index is 622. The van der Waals surface area contributed by atoms with Gasteiger partial charge in [0, 0.05) is 11.6 Å². The number of hydrogen-bond donors (Lipinski definition) is 2. The van der Waals surface area contributed by atoms with Crippen molar-refractivity contribution in [2.45, 2.75) is 19.4 Å². The van der Waals surface area contributed by atoms with Crippen LogP contribution >= 0.6 is 11.6 Å². The van der Waals surface area contributed by atoms with E-state index in [4.69, 9.17) is 11.6 Å². The van der Waals surface area contributed by atoms with Gasteiger partial charge in [0.25, 0.3) is 0 Å². The van der Waals surface area contributed by atoms with Crippen LogP contribution in [-0.2, 0) is 0 Å². The molecule has 0 spiro atoms. The molecule has 1 aromatic carbocycles. The number of benzene rings is 1. The maximum absolute atomic E-state index is 12.0. The van der Waals surface area contributed by atoms with E-state index in [1.165, 1.54) is 0 Å². The summed E-state index contributed by atoms with van der Waals surface area (Å²) in [5, 5.41) is 3.97.